The molecule has 120 valence electrons. The lowest BCUT2D eigenvalue weighted by atomic mass is 10.1. The minimum Gasteiger partial charge on any atom is -0.543 e. The number of aliphatic carboxylic acids is 1. The molecule has 1 unspecified atom stereocenters. The number of rotatable bonds is 5. The lowest BCUT2D eigenvalue weighted by Crippen LogP contribution is -2.65. The van der Waals surface area contributed by atoms with Gasteiger partial charge in [-0.1, -0.05) is 15.9 Å². The number of hydrogen-bond acceptors (Lipinski definition) is 6. The van der Waals surface area contributed by atoms with Crippen molar-refractivity contribution < 1.29 is 29.0 Å². The third-order valence-corrected chi connectivity index (χ3v) is 5.84. The number of esters is 1. The van der Waals surface area contributed by atoms with Gasteiger partial charge < -0.3 is 14.6 Å². The molecule has 0 aliphatic carbocycles. The summed E-state index contributed by atoms with van der Waals surface area (Å²) in [6.45, 7) is 0.953. The largest absolute Gasteiger partial charge is 0.543 e. The highest BCUT2D eigenvalue weighted by molar-refractivity contribution is 9.09. The number of alkyl halides is 1. The summed E-state index contributed by atoms with van der Waals surface area (Å²) < 4.78 is 7.60. The predicted molar refractivity (Wildman–Crippen MR) is 78.1 cm³/mol. The monoisotopic (exact) mass is 392 g/mol. The van der Waals surface area contributed by atoms with Crippen LogP contribution in [0.3, 0.4) is 0 Å². The molecule has 10 heteroatoms. The Labute approximate surface area is 137 Å². The SMILES string of the molecule is CC(=O)OCC1=C(C(=O)[O-])N2C(=O)C[C@H]2[S+](NC(=O)CBr)C1. The Morgan fingerprint density at radius 2 is 2.18 bits per heavy atom. The molecule has 0 aromatic rings. The van der Waals surface area contributed by atoms with Crippen molar-refractivity contribution in [3.63, 3.8) is 0 Å². The minimum absolute atomic E-state index is 0.105. The number of fused-ring (bicyclic) bond motifs is 1. The molecule has 0 spiro atoms. The molecule has 2 aliphatic rings. The average Bonchev–Trinajstić information content (AvgIpc) is 2.44. The van der Waals surface area contributed by atoms with Crippen LogP contribution in [0.4, 0.5) is 0 Å². The summed E-state index contributed by atoms with van der Waals surface area (Å²) in [6.07, 6.45) is 0.170. The van der Waals surface area contributed by atoms with Crippen LogP contribution in [-0.2, 0) is 35.0 Å². The molecule has 0 bridgehead atoms. The minimum atomic E-state index is -1.49. The number of halogens is 1. The van der Waals surface area contributed by atoms with Crippen molar-refractivity contribution in [3.8, 4) is 0 Å². The van der Waals surface area contributed by atoms with Crippen LogP contribution in [0.15, 0.2) is 11.3 Å². The van der Waals surface area contributed by atoms with Crippen LogP contribution in [0.1, 0.15) is 13.3 Å². The van der Waals surface area contributed by atoms with Crippen LogP contribution >= 0.6 is 15.9 Å². The first kappa shape index (κ1) is 16.8. The molecule has 2 rings (SSSR count). The first-order valence-electron chi connectivity index (χ1n) is 6.29. The standard InChI is InChI=1S/C12H13BrN2O6S/c1-6(16)21-4-7-5-22(14-8(17)3-13)10-2-9(18)15(10)11(7)12(19)20/h10H,2-5H2,1H3,(H-,14,17,19,20)/t10-,22?/m1/s1. The third kappa shape index (κ3) is 3.27. The number of nitrogens with one attached hydrogen (secondary N) is 1. The second-order valence-electron chi connectivity index (χ2n) is 4.67. The zero-order chi connectivity index (χ0) is 16.4. The summed E-state index contributed by atoms with van der Waals surface area (Å²) in [5, 5.41) is 11.1. The first-order valence-corrected chi connectivity index (χ1v) is 8.87. The van der Waals surface area contributed by atoms with E-state index in [0.29, 0.717) is 0 Å². The fraction of sp³-hybridized carbons (Fsp3) is 0.500. The summed E-state index contributed by atoms with van der Waals surface area (Å²) in [7, 11) is 0. The van der Waals surface area contributed by atoms with Crippen LogP contribution in [-0.4, -0.2) is 51.7 Å². The predicted octanol–water partition coefficient (Wildman–Crippen LogP) is -1.83. The van der Waals surface area contributed by atoms with Crippen LogP contribution in [0.25, 0.3) is 0 Å². The first-order chi connectivity index (χ1) is 10.3. The van der Waals surface area contributed by atoms with Crippen LogP contribution in [0.2, 0.25) is 0 Å². The second kappa shape index (κ2) is 6.69. The summed E-state index contributed by atoms with van der Waals surface area (Å²) in [5.41, 5.74) is 0.0112. The van der Waals surface area contributed by atoms with Crippen LogP contribution < -0.4 is 9.83 Å². The number of nitrogens with zero attached hydrogens (tertiary/aromatic N) is 1. The van der Waals surface area contributed by atoms with Gasteiger partial charge in [0.1, 0.15) is 17.7 Å². The van der Waals surface area contributed by atoms with E-state index in [1.165, 1.54) is 6.92 Å². The number of β-lactam (4-membered cyclic amide) rings is 1. The Kier molecular flexibility index (Phi) is 5.12. The van der Waals surface area contributed by atoms with E-state index in [-0.39, 0.29) is 52.6 Å². The molecule has 2 aliphatic heterocycles. The Hall–Kier alpha value is -1.55. The zero-order valence-corrected chi connectivity index (χ0v) is 14.0. The summed E-state index contributed by atoms with van der Waals surface area (Å²) in [4.78, 5) is 46.7. The third-order valence-electron chi connectivity index (χ3n) is 3.15. The molecule has 2 amide bonds. The average molecular weight is 393 g/mol. The zero-order valence-electron chi connectivity index (χ0n) is 11.6. The molecular weight excluding hydrogens is 380 g/mol. The van der Waals surface area contributed by atoms with E-state index in [9.17, 15) is 24.3 Å². The molecule has 1 N–H and O–H groups in total. The molecule has 22 heavy (non-hydrogen) atoms. The van der Waals surface area contributed by atoms with Gasteiger partial charge in [-0.05, 0) is 0 Å². The number of amides is 2. The smallest absolute Gasteiger partial charge is 0.302 e. The van der Waals surface area contributed by atoms with Gasteiger partial charge in [0.25, 0.3) is 5.91 Å². The van der Waals surface area contributed by atoms with E-state index < -0.39 is 23.0 Å². The van der Waals surface area contributed by atoms with Gasteiger partial charge in [0.05, 0.1) is 23.4 Å². The van der Waals surface area contributed by atoms with E-state index in [0.717, 1.165) is 4.90 Å². The van der Waals surface area contributed by atoms with E-state index >= 15 is 0 Å². The van der Waals surface area contributed by atoms with Crippen molar-refractivity contribution in [3.05, 3.63) is 11.3 Å². The fourth-order valence-corrected chi connectivity index (χ4v) is 4.73. The van der Waals surface area contributed by atoms with Crippen LogP contribution in [0, 0.1) is 0 Å². The van der Waals surface area contributed by atoms with Gasteiger partial charge in [-0.15, -0.1) is 0 Å². The molecule has 2 heterocycles. The van der Waals surface area contributed by atoms with Gasteiger partial charge >= 0.3 is 5.97 Å². The lowest BCUT2D eigenvalue weighted by Gasteiger charge is -2.43. The van der Waals surface area contributed by atoms with Crippen molar-refractivity contribution in [1.29, 1.82) is 0 Å². The van der Waals surface area contributed by atoms with Crippen molar-refractivity contribution in [2.24, 2.45) is 0 Å². The van der Waals surface area contributed by atoms with Gasteiger partial charge in [0.15, 0.2) is 5.75 Å². The van der Waals surface area contributed by atoms with E-state index in [2.05, 4.69) is 20.7 Å². The quantitative estimate of drug-likeness (QED) is 0.254. The second-order valence-corrected chi connectivity index (χ2v) is 7.13. The lowest BCUT2D eigenvalue weighted by molar-refractivity contribution is -0.301. The maximum absolute atomic E-state index is 11.7. The molecule has 2 atom stereocenters. The summed E-state index contributed by atoms with van der Waals surface area (Å²) >= 11 is 2.30. The van der Waals surface area contributed by atoms with Gasteiger partial charge in [-0.25, -0.2) is 0 Å². The maximum Gasteiger partial charge on any atom is 0.302 e. The molecule has 8 nitrogen and oxygen atoms in total. The number of carboxylic acid groups (broad SMARTS) is 1. The number of hydrogen-bond donors (Lipinski definition) is 1. The highest BCUT2D eigenvalue weighted by Crippen LogP contribution is 2.36. The van der Waals surface area contributed by atoms with E-state index in [1.54, 1.807) is 0 Å². The van der Waals surface area contributed by atoms with Crippen molar-refractivity contribution in [1.82, 2.24) is 9.62 Å². The molecule has 0 radical (unpaired) electrons. The van der Waals surface area contributed by atoms with E-state index in [1.807, 2.05) is 0 Å². The Balaban J connectivity index is 2.29. The molecule has 0 aromatic heterocycles. The van der Waals surface area contributed by atoms with Gasteiger partial charge in [-0.3, -0.25) is 19.3 Å². The topological polar surface area (TPSA) is 116 Å². The summed E-state index contributed by atoms with van der Waals surface area (Å²) in [6, 6.07) is 0. The Morgan fingerprint density at radius 1 is 1.50 bits per heavy atom. The number of carbonyl (C=O) groups excluding carboxylic acids is 4. The number of carbonyl (C=O) groups is 4. The normalized spacial score (nSPS) is 23.5. The molecule has 1 fully saturated rings. The van der Waals surface area contributed by atoms with Crippen molar-refractivity contribution >= 4 is 50.8 Å². The number of ether oxygens (including phenoxy) is 1. The highest BCUT2D eigenvalue weighted by Gasteiger charge is 2.55. The van der Waals surface area contributed by atoms with Crippen LogP contribution in [0.5, 0.6) is 0 Å². The molecule has 0 aromatic carbocycles. The van der Waals surface area contributed by atoms with Crippen molar-refractivity contribution in [2.75, 3.05) is 17.7 Å². The van der Waals surface area contributed by atoms with Gasteiger partial charge in [-0.2, -0.15) is 4.72 Å². The Bertz CT molecular complexity index is 578. The van der Waals surface area contributed by atoms with Gasteiger partial charge in [0, 0.05) is 12.5 Å². The number of carboxylic acids is 1. The van der Waals surface area contributed by atoms with Gasteiger partial charge in [0.2, 0.25) is 11.3 Å². The maximum atomic E-state index is 11.7. The fourth-order valence-electron chi connectivity index (χ4n) is 2.23. The molecule has 1 saturated heterocycles. The molecule has 0 saturated carbocycles. The van der Waals surface area contributed by atoms with Crippen molar-refractivity contribution in [2.45, 2.75) is 18.7 Å². The highest BCUT2D eigenvalue weighted by atomic mass is 79.9. The van der Waals surface area contributed by atoms with E-state index in [4.69, 9.17) is 4.74 Å². The summed E-state index contributed by atoms with van der Waals surface area (Å²) in [5.74, 6) is -2.45. The Morgan fingerprint density at radius 3 is 2.68 bits per heavy atom. The molecular formula is C12H13BrN2O6S.